The number of carbonyl (C=O) groups is 1. The molecule has 5 nitrogen and oxygen atoms in total. The summed E-state index contributed by atoms with van der Waals surface area (Å²) in [5.74, 6) is -2.21. The summed E-state index contributed by atoms with van der Waals surface area (Å²) >= 11 is 0. The quantitative estimate of drug-likeness (QED) is 0.508. The van der Waals surface area contributed by atoms with Crippen LogP contribution in [0.5, 0.6) is 5.75 Å². The summed E-state index contributed by atoms with van der Waals surface area (Å²) in [5, 5.41) is 9.81. The van der Waals surface area contributed by atoms with Crippen LogP contribution in [0.2, 0.25) is 0 Å². The summed E-state index contributed by atoms with van der Waals surface area (Å²) in [6.07, 6.45) is 0. The number of hydrogen-bond acceptors (Lipinski definition) is 3. The van der Waals surface area contributed by atoms with Gasteiger partial charge in [0.2, 0.25) is 0 Å². The third-order valence-corrected chi connectivity index (χ3v) is 4.33. The molecule has 146 valence electrons. The van der Waals surface area contributed by atoms with Crippen molar-refractivity contribution in [3.8, 4) is 5.75 Å². The molecule has 8 heteroatoms. The second kappa shape index (κ2) is 7.67. The van der Waals surface area contributed by atoms with Crippen molar-refractivity contribution in [1.29, 1.82) is 0 Å². The van der Waals surface area contributed by atoms with Gasteiger partial charge in [0.25, 0.3) is 5.91 Å². The molecule has 0 saturated carbocycles. The fourth-order valence-electron chi connectivity index (χ4n) is 2.82. The van der Waals surface area contributed by atoms with E-state index in [9.17, 15) is 18.0 Å². The van der Waals surface area contributed by atoms with Gasteiger partial charge in [-0.15, -0.1) is 0 Å². The molecule has 4 rings (SSSR count). The van der Waals surface area contributed by atoms with E-state index in [1.807, 2.05) is 0 Å². The second-order valence-electron chi connectivity index (χ2n) is 6.20. The summed E-state index contributed by atoms with van der Waals surface area (Å²) in [4.78, 5) is 12.3. The largest absolute Gasteiger partial charge is 0.489 e. The van der Waals surface area contributed by atoms with Crippen molar-refractivity contribution < 1.29 is 22.7 Å². The first-order chi connectivity index (χ1) is 14.0. The summed E-state index contributed by atoms with van der Waals surface area (Å²) in [6.45, 7) is -0.307. The van der Waals surface area contributed by atoms with Crippen molar-refractivity contribution in [3.05, 3.63) is 89.2 Å². The number of hydrogen-bond donors (Lipinski definition) is 2. The highest BCUT2D eigenvalue weighted by Gasteiger charge is 2.15. The maximum absolute atomic E-state index is 13.8. The molecule has 0 aliphatic rings. The predicted molar refractivity (Wildman–Crippen MR) is 101 cm³/mol. The number of nitrogens with one attached hydrogen (secondary N) is 2. The van der Waals surface area contributed by atoms with Crippen LogP contribution in [-0.4, -0.2) is 16.1 Å². The van der Waals surface area contributed by atoms with Crippen molar-refractivity contribution in [2.24, 2.45) is 0 Å². The summed E-state index contributed by atoms with van der Waals surface area (Å²) in [6, 6.07) is 14.0. The van der Waals surface area contributed by atoms with Crippen molar-refractivity contribution >= 4 is 22.6 Å². The molecule has 0 aliphatic carbocycles. The lowest BCUT2D eigenvalue weighted by Gasteiger charge is -2.09. The fourth-order valence-corrected chi connectivity index (χ4v) is 2.82. The number of carbonyl (C=O) groups excluding carboxylic acids is 1. The standard InChI is InChI=1S/C21H14F3N3O2/c22-16-5-2-1-4-13(16)21(28)25-20-14-10-12(8-9-19(14)26-27-20)29-11-15-17(23)6-3-7-18(15)24/h1-10H,11H2,(H2,25,26,27,28). The number of aromatic nitrogens is 2. The molecule has 3 aromatic carbocycles. The number of benzene rings is 3. The van der Waals surface area contributed by atoms with Crippen LogP contribution in [0.4, 0.5) is 19.0 Å². The maximum Gasteiger partial charge on any atom is 0.259 e. The van der Waals surface area contributed by atoms with Crippen LogP contribution in [0.3, 0.4) is 0 Å². The van der Waals surface area contributed by atoms with Crippen LogP contribution in [0, 0.1) is 17.5 Å². The number of fused-ring (bicyclic) bond motifs is 1. The van der Waals surface area contributed by atoms with Crippen molar-refractivity contribution in [3.63, 3.8) is 0 Å². The van der Waals surface area contributed by atoms with E-state index in [0.717, 1.165) is 12.1 Å². The van der Waals surface area contributed by atoms with E-state index in [1.165, 1.54) is 24.3 Å². The molecule has 0 fully saturated rings. The van der Waals surface area contributed by atoms with E-state index in [4.69, 9.17) is 4.74 Å². The van der Waals surface area contributed by atoms with E-state index >= 15 is 0 Å². The average Bonchev–Trinajstić information content (AvgIpc) is 3.10. The van der Waals surface area contributed by atoms with Crippen LogP contribution in [-0.2, 0) is 6.61 Å². The van der Waals surface area contributed by atoms with Gasteiger partial charge < -0.3 is 10.1 Å². The van der Waals surface area contributed by atoms with Gasteiger partial charge in [-0.2, -0.15) is 5.10 Å². The third-order valence-electron chi connectivity index (χ3n) is 4.33. The van der Waals surface area contributed by atoms with Gasteiger partial charge in [0, 0.05) is 5.39 Å². The number of H-pyrrole nitrogens is 1. The van der Waals surface area contributed by atoms with Crippen molar-refractivity contribution in [2.75, 3.05) is 5.32 Å². The number of anilines is 1. The summed E-state index contributed by atoms with van der Waals surface area (Å²) in [7, 11) is 0. The molecule has 1 heterocycles. The van der Waals surface area contributed by atoms with Crippen molar-refractivity contribution in [2.45, 2.75) is 6.61 Å². The molecule has 0 radical (unpaired) electrons. The first-order valence-corrected chi connectivity index (χ1v) is 8.62. The number of ether oxygens (including phenoxy) is 1. The van der Waals surface area contributed by atoms with Crippen LogP contribution in [0.25, 0.3) is 10.9 Å². The molecule has 0 atom stereocenters. The minimum Gasteiger partial charge on any atom is -0.489 e. The molecule has 0 bridgehead atoms. The summed E-state index contributed by atoms with van der Waals surface area (Å²) in [5.41, 5.74) is 0.289. The Morgan fingerprint density at radius 1 is 0.966 bits per heavy atom. The van der Waals surface area contributed by atoms with E-state index in [2.05, 4.69) is 15.5 Å². The van der Waals surface area contributed by atoms with Gasteiger partial charge in [-0.3, -0.25) is 9.89 Å². The molecule has 2 N–H and O–H groups in total. The lowest BCUT2D eigenvalue weighted by atomic mass is 10.2. The van der Waals surface area contributed by atoms with E-state index in [0.29, 0.717) is 16.7 Å². The topological polar surface area (TPSA) is 67.0 Å². The molecule has 0 unspecified atom stereocenters. The number of rotatable bonds is 5. The van der Waals surface area contributed by atoms with Crippen molar-refractivity contribution in [1.82, 2.24) is 10.2 Å². The first-order valence-electron chi connectivity index (χ1n) is 8.62. The molecule has 0 spiro atoms. The van der Waals surface area contributed by atoms with E-state index in [1.54, 1.807) is 24.3 Å². The lowest BCUT2D eigenvalue weighted by Crippen LogP contribution is -2.14. The van der Waals surface area contributed by atoms with E-state index < -0.39 is 23.4 Å². The highest BCUT2D eigenvalue weighted by atomic mass is 19.1. The molecule has 0 aliphatic heterocycles. The fraction of sp³-hybridized carbons (Fsp3) is 0.0476. The highest BCUT2D eigenvalue weighted by molar-refractivity contribution is 6.08. The normalized spacial score (nSPS) is 10.9. The zero-order chi connectivity index (χ0) is 20.4. The van der Waals surface area contributed by atoms with Gasteiger partial charge in [-0.1, -0.05) is 18.2 Å². The highest BCUT2D eigenvalue weighted by Crippen LogP contribution is 2.27. The van der Waals surface area contributed by atoms with Crippen LogP contribution >= 0.6 is 0 Å². The van der Waals surface area contributed by atoms with Gasteiger partial charge in [-0.05, 0) is 42.5 Å². The Morgan fingerprint density at radius 2 is 1.69 bits per heavy atom. The van der Waals surface area contributed by atoms with Crippen LogP contribution in [0.15, 0.2) is 60.7 Å². The molecule has 1 aromatic heterocycles. The number of amides is 1. The van der Waals surface area contributed by atoms with Gasteiger partial charge in [0.1, 0.15) is 29.8 Å². The number of nitrogens with zero attached hydrogens (tertiary/aromatic N) is 1. The molecule has 0 saturated heterocycles. The number of halogens is 3. The third kappa shape index (κ3) is 3.77. The van der Waals surface area contributed by atoms with Crippen LogP contribution < -0.4 is 10.1 Å². The zero-order valence-corrected chi connectivity index (χ0v) is 14.9. The Balaban J connectivity index is 1.56. The average molecular weight is 397 g/mol. The smallest absolute Gasteiger partial charge is 0.259 e. The van der Waals surface area contributed by atoms with Gasteiger partial charge in [0.15, 0.2) is 5.82 Å². The molecule has 29 heavy (non-hydrogen) atoms. The molecule has 4 aromatic rings. The first kappa shape index (κ1) is 18.5. The minimum atomic E-state index is -0.702. The Morgan fingerprint density at radius 3 is 2.45 bits per heavy atom. The number of aromatic amines is 1. The SMILES string of the molecule is O=C(Nc1n[nH]c2ccc(OCc3c(F)cccc3F)cc12)c1ccccc1F. The Bertz CT molecular complexity index is 1190. The molecular weight excluding hydrogens is 383 g/mol. The van der Waals surface area contributed by atoms with E-state index in [-0.39, 0.29) is 23.6 Å². The minimum absolute atomic E-state index is 0.119. The molecule has 1 amide bonds. The zero-order valence-electron chi connectivity index (χ0n) is 14.9. The molecular formula is C21H14F3N3O2. The maximum atomic E-state index is 13.8. The van der Waals surface area contributed by atoms with Gasteiger partial charge >= 0.3 is 0 Å². The summed E-state index contributed by atoms with van der Waals surface area (Å²) < 4.78 is 46.8. The monoisotopic (exact) mass is 397 g/mol. The van der Waals surface area contributed by atoms with Gasteiger partial charge in [0.05, 0.1) is 16.6 Å². The predicted octanol–water partition coefficient (Wildman–Crippen LogP) is 4.81. The van der Waals surface area contributed by atoms with Crippen LogP contribution in [0.1, 0.15) is 15.9 Å². The Labute approximate surface area is 163 Å². The Hall–Kier alpha value is -3.81. The second-order valence-corrected chi connectivity index (χ2v) is 6.20. The van der Waals surface area contributed by atoms with Gasteiger partial charge in [-0.25, -0.2) is 13.2 Å². The Kier molecular flexibility index (Phi) is 4.90. The lowest BCUT2D eigenvalue weighted by molar-refractivity contribution is 0.102.